The van der Waals surface area contributed by atoms with Crippen LogP contribution in [0.5, 0.6) is 5.75 Å². The third-order valence-corrected chi connectivity index (χ3v) is 4.65. The van der Waals surface area contributed by atoms with E-state index in [4.69, 9.17) is 4.74 Å². The number of hydrogen-bond acceptors (Lipinski definition) is 4. The van der Waals surface area contributed by atoms with Gasteiger partial charge in [-0.2, -0.15) is 4.98 Å². The molecule has 0 fully saturated rings. The molecule has 0 unspecified atom stereocenters. The summed E-state index contributed by atoms with van der Waals surface area (Å²) in [6.45, 7) is 3.57. The van der Waals surface area contributed by atoms with Crippen LogP contribution in [0.2, 0.25) is 0 Å². The Labute approximate surface area is 146 Å². The number of nitrogens with zero attached hydrogens (tertiary/aromatic N) is 2. The maximum atomic E-state index is 12.5. The molecular formula is C19H23N3O3. The summed E-state index contributed by atoms with van der Waals surface area (Å²) in [6, 6.07) is 7.74. The summed E-state index contributed by atoms with van der Waals surface area (Å²) in [5.41, 5.74) is 3.35. The van der Waals surface area contributed by atoms with Crippen molar-refractivity contribution in [2.24, 2.45) is 0 Å². The second-order valence-electron chi connectivity index (χ2n) is 6.48. The highest BCUT2D eigenvalue weighted by Crippen LogP contribution is 2.32. The molecule has 1 aliphatic rings. The number of benzene rings is 1. The molecule has 25 heavy (non-hydrogen) atoms. The number of aryl methyl sites for hydroxylation is 3. The SMILES string of the molecule is COc1ccc2c(c1)CCC[C@@H]2NC(=O)Cn1c(C)cc(C)nc1=O. The number of hydrogen-bond donors (Lipinski definition) is 1. The Morgan fingerprint density at radius 3 is 2.88 bits per heavy atom. The van der Waals surface area contributed by atoms with E-state index in [0.29, 0.717) is 5.69 Å². The zero-order valence-electron chi connectivity index (χ0n) is 14.8. The summed E-state index contributed by atoms with van der Waals surface area (Å²) in [6.07, 6.45) is 2.89. The average molecular weight is 341 g/mol. The topological polar surface area (TPSA) is 73.2 Å². The summed E-state index contributed by atoms with van der Waals surface area (Å²) < 4.78 is 6.68. The van der Waals surface area contributed by atoms with E-state index in [1.165, 1.54) is 10.1 Å². The minimum absolute atomic E-state index is 0.0140. The number of carbonyl (C=O) groups is 1. The standard InChI is InChI=1S/C19H23N3O3/c1-12-9-13(2)22(19(24)20-12)11-18(23)21-17-6-4-5-14-10-15(25-3)7-8-16(14)17/h7-10,17H,4-6,11H2,1-3H3,(H,21,23)/t17-/m0/s1. The van der Waals surface area contributed by atoms with Crippen LogP contribution in [0.25, 0.3) is 0 Å². The number of ether oxygens (including phenoxy) is 1. The van der Waals surface area contributed by atoms with Crippen molar-refractivity contribution in [2.45, 2.75) is 45.7 Å². The number of amides is 1. The fourth-order valence-corrected chi connectivity index (χ4v) is 3.42. The molecule has 1 aromatic heterocycles. The Hall–Kier alpha value is -2.63. The molecule has 6 nitrogen and oxygen atoms in total. The van der Waals surface area contributed by atoms with Crippen LogP contribution in [0.3, 0.4) is 0 Å². The smallest absolute Gasteiger partial charge is 0.348 e. The molecule has 0 saturated heterocycles. The van der Waals surface area contributed by atoms with Crippen molar-refractivity contribution in [1.82, 2.24) is 14.9 Å². The lowest BCUT2D eigenvalue weighted by Gasteiger charge is -2.27. The van der Waals surface area contributed by atoms with Crippen LogP contribution in [-0.4, -0.2) is 22.6 Å². The van der Waals surface area contributed by atoms with Gasteiger partial charge >= 0.3 is 5.69 Å². The molecule has 6 heteroatoms. The van der Waals surface area contributed by atoms with E-state index >= 15 is 0 Å². The van der Waals surface area contributed by atoms with Crippen LogP contribution >= 0.6 is 0 Å². The first-order valence-electron chi connectivity index (χ1n) is 8.49. The van der Waals surface area contributed by atoms with Crippen LogP contribution < -0.4 is 15.7 Å². The van der Waals surface area contributed by atoms with Crippen LogP contribution in [0.4, 0.5) is 0 Å². The van der Waals surface area contributed by atoms with Crippen molar-refractivity contribution >= 4 is 5.91 Å². The summed E-state index contributed by atoms with van der Waals surface area (Å²) >= 11 is 0. The number of methoxy groups -OCH3 is 1. The van der Waals surface area contributed by atoms with E-state index in [2.05, 4.69) is 10.3 Å². The third kappa shape index (κ3) is 3.73. The minimum Gasteiger partial charge on any atom is -0.497 e. The molecule has 3 rings (SSSR count). The van der Waals surface area contributed by atoms with E-state index in [1.54, 1.807) is 20.1 Å². The molecule has 1 amide bonds. The Kier molecular flexibility index (Phi) is 4.88. The molecule has 2 aromatic rings. The first kappa shape index (κ1) is 17.2. The van der Waals surface area contributed by atoms with E-state index in [9.17, 15) is 9.59 Å². The third-order valence-electron chi connectivity index (χ3n) is 4.65. The summed E-state index contributed by atoms with van der Waals surface area (Å²) in [7, 11) is 1.65. The lowest BCUT2D eigenvalue weighted by Crippen LogP contribution is -2.37. The monoisotopic (exact) mass is 341 g/mol. The fourth-order valence-electron chi connectivity index (χ4n) is 3.42. The van der Waals surface area contributed by atoms with Gasteiger partial charge in [0.1, 0.15) is 12.3 Å². The largest absolute Gasteiger partial charge is 0.497 e. The van der Waals surface area contributed by atoms with Crippen molar-refractivity contribution in [3.05, 3.63) is 57.3 Å². The van der Waals surface area contributed by atoms with Crippen molar-refractivity contribution in [3.63, 3.8) is 0 Å². The van der Waals surface area contributed by atoms with E-state index in [1.807, 2.05) is 25.1 Å². The number of carbonyl (C=O) groups excluding carboxylic acids is 1. The second-order valence-corrected chi connectivity index (χ2v) is 6.48. The van der Waals surface area contributed by atoms with Crippen molar-refractivity contribution in [3.8, 4) is 5.75 Å². The van der Waals surface area contributed by atoms with Gasteiger partial charge < -0.3 is 10.1 Å². The first-order valence-corrected chi connectivity index (χ1v) is 8.49. The van der Waals surface area contributed by atoms with E-state index < -0.39 is 0 Å². The molecule has 0 bridgehead atoms. The molecule has 1 N–H and O–H groups in total. The maximum absolute atomic E-state index is 12.5. The number of rotatable bonds is 4. The van der Waals surface area contributed by atoms with Gasteiger partial charge in [-0.15, -0.1) is 0 Å². The van der Waals surface area contributed by atoms with Crippen LogP contribution in [-0.2, 0) is 17.8 Å². The fraction of sp³-hybridized carbons (Fsp3) is 0.421. The lowest BCUT2D eigenvalue weighted by atomic mass is 9.87. The van der Waals surface area contributed by atoms with E-state index in [-0.39, 0.29) is 24.2 Å². The normalized spacial score (nSPS) is 16.2. The summed E-state index contributed by atoms with van der Waals surface area (Å²) in [5, 5.41) is 3.06. The van der Waals surface area contributed by atoms with Gasteiger partial charge in [-0.05, 0) is 62.4 Å². The predicted octanol–water partition coefficient (Wildman–Crippen LogP) is 2.06. The Balaban J connectivity index is 1.76. The van der Waals surface area contributed by atoms with Crippen LogP contribution in [0.1, 0.15) is 41.4 Å². The highest BCUT2D eigenvalue weighted by molar-refractivity contribution is 5.76. The predicted molar refractivity (Wildman–Crippen MR) is 94.8 cm³/mol. The Morgan fingerprint density at radius 2 is 2.16 bits per heavy atom. The van der Waals surface area contributed by atoms with Gasteiger partial charge in [0.15, 0.2) is 0 Å². The molecule has 1 atom stereocenters. The van der Waals surface area contributed by atoms with Crippen molar-refractivity contribution in [2.75, 3.05) is 7.11 Å². The number of fused-ring (bicyclic) bond motifs is 1. The van der Waals surface area contributed by atoms with Crippen molar-refractivity contribution in [1.29, 1.82) is 0 Å². The molecule has 0 aliphatic heterocycles. The molecule has 132 valence electrons. The van der Waals surface area contributed by atoms with Gasteiger partial charge in [-0.25, -0.2) is 4.79 Å². The molecule has 1 heterocycles. The van der Waals surface area contributed by atoms with Gasteiger partial charge in [0.25, 0.3) is 0 Å². The molecule has 0 saturated carbocycles. The Bertz CT molecular complexity index is 857. The maximum Gasteiger partial charge on any atom is 0.348 e. The second kappa shape index (κ2) is 7.09. The Morgan fingerprint density at radius 1 is 1.36 bits per heavy atom. The molecule has 1 aromatic carbocycles. The van der Waals surface area contributed by atoms with Gasteiger partial charge in [0.05, 0.1) is 13.2 Å². The zero-order valence-corrected chi connectivity index (χ0v) is 14.8. The van der Waals surface area contributed by atoms with Gasteiger partial charge in [-0.3, -0.25) is 9.36 Å². The lowest BCUT2D eigenvalue weighted by molar-refractivity contribution is -0.122. The molecule has 0 radical (unpaired) electrons. The highest BCUT2D eigenvalue weighted by Gasteiger charge is 2.22. The van der Waals surface area contributed by atoms with Crippen LogP contribution in [0, 0.1) is 13.8 Å². The number of nitrogens with one attached hydrogen (secondary N) is 1. The van der Waals surface area contributed by atoms with E-state index in [0.717, 1.165) is 36.3 Å². The summed E-state index contributed by atoms with van der Waals surface area (Å²) in [4.78, 5) is 28.4. The quantitative estimate of drug-likeness (QED) is 0.924. The molecule has 0 spiro atoms. The zero-order chi connectivity index (χ0) is 18.0. The van der Waals surface area contributed by atoms with Crippen LogP contribution in [0.15, 0.2) is 29.1 Å². The summed E-state index contributed by atoms with van der Waals surface area (Å²) in [5.74, 6) is 0.656. The van der Waals surface area contributed by atoms with Gasteiger partial charge in [-0.1, -0.05) is 6.07 Å². The molecule has 1 aliphatic carbocycles. The van der Waals surface area contributed by atoms with Gasteiger partial charge in [0.2, 0.25) is 5.91 Å². The van der Waals surface area contributed by atoms with Crippen molar-refractivity contribution < 1.29 is 9.53 Å². The molecular weight excluding hydrogens is 318 g/mol. The first-order chi connectivity index (χ1) is 12.0. The minimum atomic E-state index is -0.388. The number of aromatic nitrogens is 2. The highest BCUT2D eigenvalue weighted by atomic mass is 16.5. The average Bonchev–Trinajstić information content (AvgIpc) is 2.58. The van der Waals surface area contributed by atoms with Gasteiger partial charge in [0, 0.05) is 11.4 Å².